The Kier molecular flexibility index (Phi) is 4.94. The standard InChI is InChI=1S/C17H23ClN2O/c18-15-3-1-13(2-4-15)17(21)14-7-10-20-16(11-14)12-5-8-19-9-6-12/h1-4,12,14,16,19-20H,5-11H2. The SMILES string of the molecule is O=C(c1ccc(Cl)cc1)C1CCNC(C2CCNCC2)C1. The van der Waals surface area contributed by atoms with Crippen LogP contribution in [0.25, 0.3) is 0 Å². The van der Waals surface area contributed by atoms with E-state index in [1.807, 2.05) is 12.1 Å². The third-order valence-electron chi connectivity index (χ3n) is 4.89. The van der Waals surface area contributed by atoms with E-state index < -0.39 is 0 Å². The zero-order valence-electron chi connectivity index (χ0n) is 12.3. The van der Waals surface area contributed by atoms with Gasteiger partial charge in [0.1, 0.15) is 0 Å². The normalized spacial score (nSPS) is 27.5. The number of carbonyl (C=O) groups excluding carboxylic acids is 1. The molecule has 0 aromatic heterocycles. The third kappa shape index (κ3) is 3.65. The van der Waals surface area contributed by atoms with Crippen LogP contribution in [-0.2, 0) is 0 Å². The number of benzene rings is 1. The molecule has 2 aliphatic rings. The van der Waals surface area contributed by atoms with E-state index in [2.05, 4.69) is 10.6 Å². The van der Waals surface area contributed by atoms with Crippen LogP contribution in [0.1, 0.15) is 36.0 Å². The largest absolute Gasteiger partial charge is 0.317 e. The summed E-state index contributed by atoms with van der Waals surface area (Å²) in [5.74, 6) is 1.16. The van der Waals surface area contributed by atoms with Gasteiger partial charge in [-0.15, -0.1) is 0 Å². The monoisotopic (exact) mass is 306 g/mol. The first-order valence-electron chi connectivity index (χ1n) is 7.98. The van der Waals surface area contributed by atoms with Crippen molar-refractivity contribution < 1.29 is 4.79 Å². The minimum absolute atomic E-state index is 0.160. The van der Waals surface area contributed by atoms with E-state index in [0.29, 0.717) is 17.0 Å². The number of rotatable bonds is 3. The zero-order valence-corrected chi connectivity index (χ0v) is 13.0. The summed E-state index contributed by atoms with van der Waals surface area (Å²) in [7, 11) is 0. The van der Waals surface area contributed by atoms with E-state index in [9.17, 15) is 4.79 Å². The molecular formula is C17H23ClN2O. The van der Waals surface area contributed by atoms with Crippen LogP contribution in [0, 0.1) is 11.8 Å². The molecular weight excluding hydrogens is 284 g/mol. The highest BCUT2D eigenvalue weighted by molar-refractivity contribution is 6.30. The number of Topliss-reactive ketones (excluding diaryl/α,β-unsaturated/α-hetero) is 1. The lowest BCUT2D eigenvalue weighted by molar-refractivity contribution is 0.0855. The summed E-state index contributed by atoms with van der Waals surface area (Å²) in [4.78, 5) is 12.7. The highest BCUT2D eigenvalue weighted by Gasteiger charge is 2.32. The molecule has 0 spiro atoms. The molecule has 1 aromatic carbocycles. The van der Waals surface area contributed by atoms with Crippen LogP contribution in [0.3, 0.4) is 0 Å². The number of hydrogen-bond donors (Lipinski definition) is 2. The first-order valence-corrected chi connectivity index (χ1v) is 8.36. The van der Waals surface area contributed by atoms with E-state index in [1.165, 1.54) is 12.8 Å². The van der Waals surface area contributed by atoms with Crippen LogP contribution in [-0.4, -0.2) is 31.5 Å². The van der Waals surface area contributed by atoms with Gasteiger partial charge in [0.25, 0.3) is 0 Å². The van der Waals surface area contributed by atoms with Gasteiger partial charge in [-0.05, 0) is 75.5 Å². The molecule has 0 bridgehead atoms. The number of piperidine rings is 2. The predicted molar refractivity (Wildman–Crippen MR) is 85.9 cm³/mol. The second kappa shape index (κ2) is 6.91. The van der Waals surface area contributed by atoms with E-state index >= 15 is 0 Å². The fourth-order valence-corrected chi connectivity index (χ4v) is 3.77. The molecule has 2 N–H and O–H groups in total. The first kappa shape index (κ1) is 15.0. The molecule has 2 atom stereocenters. The van der Waals surface area contributed by atoms with Crippen LogP contribution in [0.4, 0.5) is 0 Å². The maximum absolute atomic E-state index is 12.7. The highest BCUT2D eigenvalue weighted by Crippen LogP contribution is 2.28. The minimum Gasteiger partial charge on any atom is -0.317 e. The molecule has 114 valence electrons. The van der Waals surface area contributed by atoms with Gasteiger partial charge in [-0.2, -0.15) is 0 Å². The van der Waals surface area contributed by atoms with Gasteiger partial charge in [0.2, 0.25) is 0 Å². The maximum atomic E-state index is 12.7. The first-order chi connectivity index (χ1) is 10.2. The smallest absolute Gasteiger partial charge is 0.166 e. The molecule has 0 aliphatic carbocycles. The lowest BCUT2D eigenvalue weighted by atomic mass is 9.79. The van der Waals surface area contributed by atoms with Crippen molar-refractivity contribution in [2.75, 3.05) is 19.6 Å². The highest BCUT2D eigenvalue weighted by atomic mass is 35.5. The van der Waals surface area contributed by atoms with Crippen LogP contribution in [0.2, 0.25) is 5.02 Å². The van der Waals surface area contributed by atoms with Gasteiger partial charge in [-0.1, -0.05) is 11.6 Å². The summed E-state index contributed by atoms with van der Waals surface area (Å²) >= 11 is 5.90. The Morgan fingerprint density at radius 2 is 1.76 bits per heavy atom. The molecule has 1 aromatic rings. The van der Waals surface area contributed by atoms with Gasteiger partial charge in [0.15, 0.2) is 5.78 Å². The minimum atomic E-state index is 0.160. The van der Waals surface area contributed by atoms with Gasteiger partial charge in [-0.25, -0.2) is 0 Å². The summed E-state index contributed by atoms with van der Waals surface area (Å²) < 4.78 is 0. The zero-order chi connectivity index (χ0) is 14.7. The van der Waals surface area contributed by atoms with Crippen molar-refractivity contribution in [3.63, 3.8) is 0 Å². The number of carbonyl (C=O) groups is 1. The Hall–Kier alpha value is -0.900. The van der Waals surface area contributed by atoms with Gasteiger partial charge < -0.3 is 10.6 Å². The van der Waals surface area contributed by atoms with Gasteiger partial charge >= 0.3 is 0 Å². The van der Waals surface area contributed by atoms with Crippen molar-refractivity contribution in [2.24, 2.45) is 11.8 Å². The van der Waals surface area contributed by atoms with Crippen molar-refractivity contribution >= 4 is 17.4 Å². The summed E-state index contributed by atoms with van der Waals surface area (Å²) in [6, 6.07) is 7.82. The fourth-order valence-electron chi connectivity index (χ4n) is 3.64. The van der Waals surface area contributed by atoms with Crippen molar-refractivity contribution in [3.05, 3.63) is 34.9 Å². The molecule has 0 saturated carbocycles. The molecule has 0 radical (unpaired) electrons. The van der Waals surface area contributed by atoms with E-state index in [1.54, 1.807) is 12.1 Å². The number of nitrogens with one attached hydrogen (secondary N) is 2. The molecule has 2 heterocycles. The van der Waals surface area contributed by atoms with Crippen LogP contribution < -0.4 is 10.6 Å². The predicted octanol–water partition coefficient (Wildman–Crippen LogP) is 2.89. The van der Waals surface area contributed by atoms with E-state index in [-0.39, 0.29) is 11.7 Å². The Morgan fingerprint density at radius 1 is 1.05 bits per heavy atom. The third-order valence-corrected chi connectivity index (χ3v) is 5.14. The summed E-state index contributed by atoms with van der Waals surface area (Å²) in [5, 5.41) is 7.73. The molecule has 2 fully saturated rings. The Morgan fingerprint density at radius 3 is 2.48 bits per heavy atom. The van der Waals surface area contributed by atoms with Crippen LogP contribution >= 0.6 is 11.6 Å². The number of hydrogen-bond acceptors (Lipinski definition) is 3. The van der Waals surface area contributed by atoms with E-state index in [0.717, 1.165) is 38.0 Å². The molecule has 0 amide bonds. The van der Waals surface area contributed by atoms with Crippen molar-refractivity contribution in [1.82, 2.24) is 10.6 Å². The molecule has 2 unspecified atom stereocenters. The van der Waals surface area contributed by atoms with Crippen LogP contribution in [0.15, 0.2) is 24.3 Å². The second-order valence-corrected chi connectivity index (χ2v) is 6.68. The van der Waals surface area contributed by atoms with Gasteiger partial charge in [0, 0.05) is 22.5 Å². The van der Waals surface area contributed by atoms with E-state index in [4.69, 9.17) is 11.6 Å². The Labute approximate surface area is 131 Å². The number of halogens is 1. The summed E-state index contributed by atoms with van der Waals surface area (Å²) in [5.41, 5.74) is 0.801. The number of ketones is 1. The van der Waals surface area contributed by atoms with Gasteiger partial charge in [-0.3, -0.25) is 4.79 Å². The summed E-state index contributed by atoms with van der Waals surface area (Å²) in [6.07, 6.45) is 4.37. The molecule has 2 aliphatic heterocycles. The molecule has 2 saturated heterocycles. The Balaban J connectivity index is 1.64. The van der Waals surface area contributed by atoms with Crippen molar-refractivity contribution in [3.8, 4) is 0 Å². The topological polar surface area (TPSA) is 41.1 Å². The summed E-state index contributed by atoms with van der Waals surface area (Å²) in [6.45, 7) is 3.18. The molecule has 3 nitrogen and oxygen atoms in total. The molecule has 4 heteroatoms. The second-order valence-electron chi connectivity index (χ2n) is 6.24. The fraction of sp³-hybridized carbons (Fsp3) is 0.588. The quantitative estimate of drug-likeness (QED) is 0.844. The van der Waals surface area contributed by atoms with Crippen molar-refractivity contribution in [1.29, 1.82) is 0 Å². The molecule has 21 heavy (non-hydrogen) atoms. The van der Waals surface area contributed by atoms with Crippen molar-refractivity contribution in [2.45, 2.75) is 31.7 Å². The average molecular weight is 307 g/mol. The molecule has 3 rings (SSSR count). The van der Waals surface area contributed by atoms with Gasteiger partial charge in [0.05, 0.1) is 0 Å². The lowest BCUT2D eigenvalue weighted by Gasteiger charge is -2.37. The Bertz CT molecular complexity index is 482. The van der Waals surface area contributed by atoms with Crippen LogP contribution in [0.5, 0.6) is 0 Å². The lowest BCUT2D eigenvalue weighted by Crippen LogP contribution is -2.47. The average Bonchev–Trinajstić information content (AvgIpc) is 2.56. The maximum Gasteiger partial charge on any atom is 0.166 e.